The molecule has 0 unspecified atom stereocenters. The Morgan fingerprint density at radius 2 is 1.75 bits per heavy atom. The first-order valence-corrected chi connectivity index (χ1v) is 8.53. The molecular weight excluding hydrogens is 242 g/mol. The maximum Gasteiger partial charge on any atom is 0.0345 e. The lowest BCUT2D eigenvalue weighted by atomic mass is 9.71. The topological polar surface area (TPSA) is 12.0 Å². The van der Waals surface area contributed by atoms with Gasteiger partial charge in [0.1, 0.15) is 0 Å². The Bertz CT molecular complexity index is 433. The fourth-order valence-corrected chi connectivity index (χ4v) is 4.22. The first-order chi connectivity index (χ1) is 9.67. The fraction of sp³-hybridized carbons (Fsp3) is 0.684. The molecule has 0 heterocycles. The molecule has 1 spiro atoms. The SMILES string of the molecule is CC(C)c1cccc(NC2CCC3(CCCC3)CC2)c1. The molecule has 0 bridgehead atoms. The number of hydrogen-bond acceptors (Lipinski definition) is 1. The summed E-state index contributed by atoms with van der Waals surface area (Å²) in [7, 11) is 0. The van der Waals surface area contributed by atoms with Crippen molar-refractivity contribution in [1.29, 1.82) is 0 Å². The van der Waals surface area contributed by atoms with Gasteiger partial charge >= 0.3 is 0 Å². The third-order valence-corrected chi connectivity index (χ3v) is 5.63. The molecule has 0 aliphatic heterocycles. The summed E-state index contributed by atoms with van der Waals surface area (Å²) in [5.41, 5.74) is 3.51. The zero-order valence-electron chi connectivity index (χ0n) is 13.1. The molecule has 1 aromatic carbocycles. The van der Waals surface area contributed by atoms with Crippen molar-refractivity contribution in [2.24, 2.45) is 5.41 Å². The van der Waals surface area contributed by atoms with Gasteiger partial charge in [-0.15, -0.1) is 0 Å². The van der Waals surface area contributed by atoms with Crippen molar-refractivity contribution in [2.75, 3.05) is 5.32 Å². The van der Waals surface area contributed by atoms with Gasteiger partial charge in [-0.05, 0) is 67.6 Å². The smallest absolute Gasteiger partial charge is 0.0345 e. The van der Waals surface area contributed by atoms with Gasteiger partial charge in [-0.1, -0.05) is 38.8 Å². The van der Waals surface area contributed by atoms with Crippen molar-refractivity contribution in [1.82, 2.24) is 0 Å². The molecule has 1 nitrogen and oxygen atoms in total. The highest BCUT2D eigenvalue weighted by Crippen LogP contribution is 2.49. The number of benzene rings is 1. The number of anilines is 1. The number of hydrogen-bond donors (Lipinski definition) is 1. The monoisotopic (exact) mass is 271 g/mol. The van der Waals surface area contributed by atoms with Gasteiger partial charge in [-0.2, -0.15) is 0 Å². The van der Waals surface area contributed by atoms with Crippen LogP contribution in [0.25, 0.3) is 0 Å². The first-order valence-electron chi connectivity index (χ1n) is 8.53. The van der Waals surface area contributed by atoms with E-state index >= 15 is 0 Å². The molecule has 2 fully saturated rings. The molecule has 110 valence electrons. The molecule has 0 saturated heterocycles. The zero-order chi connectivity index (χ0) is 14.0. The van der Waals surface area contributed by atoms with Crippen LogP contribution >= 0.6 is 0 Å². The van der Waals surface area contributed by atoms with Crippen LogP contribution in [0.2, 0.25) is 0 Å². The van der Waals surface area contributed by atoms with Crippen LogP contribution in [0.5, 0.6) is 0 Å². The van der Waals surface area contributed by atoms with Crippen molar-refractivity contribution in [2.45, 2.75) is 77.2 Å². The second kappa shape index (κ2) is 5.79. The third kappa shape index (κ3) is 3.02. The van der Waals surface area contributed by atoms with Gasteiger partial charge in [0, 0.05) is 11.7 Å². The van der Waals surface area contributed by atoms with Crippen LogP contribution in [0.15, 0.2) is 24.3 Å². The standard InChI is InChI=1S/C19H29N/c1-15(2)16-6-5-7-18(14-16)20-17-8-12-19(13-9-17)10-3-4-11-19/h5-7,14-15,17,20H,3-4,8-13H2,1-2H3. The Morgan fingerprint density at radius 3 is 2.40 bits per heavy atom. The van der Waals surface area contributed by atoms with E-state index in [1.165, 1.54) is 62.6 Å². The second-order valence-corrected chi connectivity index (χ2v) is 7.41. The van der Waals surface area contributed by atoms with E-state index < -0.39 is 0 Å². The van der Waals surface area contributed by atoms with E-state index in [1.54, 1.807) is 0 Å². The molecule has 0 radical (unpaired) electrons. The lowest BCUT2D eigenvalue weighted by Gasteiger charge is -2.38. The lowest BCUT2D eigenvalue weighted by Crippen LogP contribution is -2.31. The molecule has 0 atom stereocenters. The summed E-state index contributed by atoms with van der Waals surface area (Å²) in [5.74, 6) is 0.616. The van der Waals surface area contributed by atoms with E-state index in [0.717, 1.165) is 5.41 Å². The van der Waals surface area contributed by atoms with Crippen molar-refractivity contribution in [3.63, 3.8) is 0 Å². The maximum absolute atomic E-state index is 3.78. The summed E-state index contributed by atoms with van der Waals surface area (Å²) >= 11 is 0. The molecule has 1 aromatic rings. The zero-order valence-corrected chi connectivity index (χ0v) is 13.1. The molecule has 0 amide bonds. The van der Waals surface area contributed by atoms with E-state index in [-0.39, 0.29) is 0 Å². The van der Waals surface area contributed by atoms with Crippen LogP contribution < -0.4 is 5.32 Å². The average molecular weight is 271 g/mol. The van der Waals surface area contributed by atoms with E-state index in [0.29, 0.717) is 12.0 Å². The lowest BCUT2D eigenvalue weighted by molar-refractivity contribution is 0.188. The van der Waals surface area contributed by atoms with Gasteiger partial charge in [-0.25, -0.2) is 0 Å². The fourth-order valence-electron chi connectivity index (χ4n) is 4.22. The van der Waals surface area contributed by atoms with Gasteiger partial charge in [-0.3, -0.25) is 0 Å². The molecule has 2 saturated carbocycles. The second-order valence-electron chi connectivity index (χ2n) is 7.41. The molecule has 2 aliphatic rings. The van der Waals surface area contributed by atoms with Gasteiger partial charge in [0.05, 0.1) is 0 Å². The summed E-state index contributed by atoms with van der Waals surface area (Å²) in [5, 5.41) is 3.78. The molecular formula is C19H29N. The molecule has 1 heteroatoms. The highest BCUT2D eigenvalue weighted by atomic mass is 14.9. The Balaban J connectivity index is 1.58. The van der Waals surface area contributed by atoms with Gasteiger partial charge < -0.3 is 5.32 Å². The summed E-state index contributed by atoms with van der Waals surface area (Å²) < 4.78 is 0. The van der Waals surface area contributed by atoms with Crippen LogP contribution in [0.4, 0.5) is 5.69 Å². The minimum absolute atomic E-state index is 0.616. The Hall–Kier alpha value is -0.980. The van der Waals surface area contributed by atoms with Crippen LogP contribution in [-0.4, -0.2) is 6.04 Å². The van der Waals surface area contributed by atoms with Crippen molar-refractivity contribution in [3.8, 4) is 0 Å². The van der Waals surface area contributed by atoms with Gasteiger partial charge in [0.2, 0.25) is 0 Å². The van der Waals surface area contributed by atoms with Crippen molar-refractivity contribution in [3.05, 3.63) is 29.8 Å². The van der Waals surface area contributed by atoms with E-state index in [4.69, 9.17) is 0 Å². The Morgan fingerprint density at radius 1 is 1.05 bits per heavy atom. The summed E-state index contributed by atoms with van der Waals surface area (Å²) in [6.07, 6.45) is 11.6. The molecule has 1 N–H and O–H groups in total. The van der Waals surface area contributed by atoms with E-state index in [9.17, 15) is 0 Å². The Labute approximate surface area is 124 Å². The summed E-state index contributed by atoms with van der Waals surface area (Å²) in [6.45, 7) is 4.53. The van der Waals surface area contributed by atoms with Crippen molar-refractivity contribution >= 4 is 5.69 Å². The van der Waals surface area contributed by atoms with E-state index in [1.807, 2.05) is 0 Å². The molecule has 3 rings (SSSR count). The maximum atomic E-state index is 3.78. The number of rotatable bonds is 3. The molecule has 20 heavy (non-hydrogen) atoms. The van der Waals surface area contributed by atoms with Crippen LogP contribution in [-0.2, 0) is 0 Å². The van der Waals surface area contributed by atoms with E-state index in [2.05, 4.69) is 43.4 Å². The van der Waals surface area contributed by atoms with Crippen LogP contribution in [0, 0.1) is 5.41 Å². The average Bonchev–Trinajstić information content (AvgIpc) is 2.90. The summed E-state index contributed by atoms with van der Waals surface area (Å²) in [6, 6.07) is 9.70. The largest absolute Gasteiger partial charge is 0.382 e. The third-order valence-electron chi connectivity index (χ3n) is 5.63. The predicted octanol–water partition coefficient (Wildman–Crippen LogP) is 5.72. The first kappa shape index (κ1) is 14.0. The highest BCUT2D eigenvalue weighted by Gasteiger charge is 2.37. The highest BCUT2D eigenvalue weighted by molar-refractivity contribution is 5.47. The minimum Gasteiger partial charge on any atom is -0.382 e. The minimum atomic E-state index is 0.616. The van der Waals surface area contributed by atoms with Gasteiger partial charge in [0.25, 0.3) is 0 Å². The molecule has 2 aliphatic carbocycles. The predicted molar refractivity (Wildman–Crippen MR) is 87.3 cm³/mol. The van der Waals surface area contributed by atoms with Crippen LogP contribution in [0.3, 0.4) is 0 Å². The van der Waals surface area contributed by atoms with Gasteiger partial charge in [0.15, 0.2) is 0 Å². The normalized spacial score (nSPS) is 22.6. The Kier molecular flexibility index (Phi) is 4.05. The summed E-state index contributed by atoms with van der Waals surface area (Å²) in [4.78, 5) is 0. The van der Waals surface area contributed by atoms with Crippen LogP contribution in [0.1, 0.15) is 76.7 Å². The van der Waals surface area contributed by atoms with Crippen molar-refractivity contribution < 1.29 is 0 Å². The molecule has 0 aromatic heterocycles. The number of nitrogens with one attached hydrogen (secondary N) is 1. The quantitative estimate of drug-likeness (QED) is 0.740.